The van der Waals surface area contributed by atoms with E-state index >= 15 is 0 Å². The Morgan fingerprint density at radius 2 is 2.24 bits per heavy atom. The number of halogens is 2. The zero-order valence-corrected chi connectivity index (χ0v) is 14.6. The van der Waals surface area contributed by atoms with Gasteiger partial charge in [0.15, 0.2) is 0 Å². The minimum atomic E-state index is -0.116. The number of nitrogens with one attached hydrogen (secondary N) is 1. The first-order valence-corrected chi connectivity index (χ1v) is 8.83. The highest BCUT2D eigenvalue weighted by Gasteiger charge is 2.22. The molecule has 1 aliphatic rings. The highest BCUT2D eigenvalue weighted by atomic mass is 79.9. The van der Waals surface area contributed by atoms with Crippen LogP contribution in [0.2, 0.25) is 0 Å². The SMILES string of the molecule is CCCN(CC1CCCCN1)C(C)c1ccc(Br)cc1F. The van der Waals surface area contributed by atoms with Crippen molar-refractivity contribution >= 4 is 15.9 Å². The standard InChI is InChI=1S/C17H26BrFN2/c1-3-10-21(12-15-6-4-5-9-20-15)13(2)16-8-7-14(18)11-17(16)19/h7-8,11,13,15,20H,3-6,9-10,12H2,1-2H3. The summed E-state index contributed by atoms with van der Waals surface area (Å²) < 4.78 is 15.0. The Labute approximate surface area is 136 Å². The third-order valence-corrected chi connectivity index (χ3v) is 4.83. The van der Waals surface area contributed by atoms with E-state index in [2.05, 4.69) is 40.0 Å². The van der Waals surface area contributed by atoms with Gasteiger partial charge >= 0.3 is 0 Å². The maximum absolute atomic E-state index is 14.2. The molecule has 4 heteroatoms. The predicted molar refractivity (Wildman–Crippen MR) is 90.0 cm³/mol. The van der Waals surface area contributed by atoms with Crippen LogP contribution in [0.3, 0.4) is 0 Å². The van der Waals surface area contributed by atoms with Gasteiger partial charge in [-0.15, -0.1) is 0 Å². The molecule has 1 saturated heterocycles. The number of hydrogen-bond donors (Lipinski definition) is 1. The maximum atomic E-state index is 14.2. The van der Waals surface area contributed by atoms with Crippen molar-refractivity contribution in [3.05, 3.63) is 34.1 Å². The highest BCUT2D eigenvalue weighted by Crippen LogP contribution is 2.26. The van der Waals surface area contributed by atoms with E-state index in [1.54, 1.807) is 6.07 Å². The van der Waals surface area contributed by atoms with Crippen molar-refractivity contribution in [3.63, 3.8) is 0 Å². The molecule has 2 atom stereocenters. The lowest BCUT2D eigenvalue weighted by atomic mass is 10.0. The number of nitrogens with zero attached hydrogens (tertiary/aromatic N) is 1. The molecule has 0 spiro atoms. The van der Waals surface area contributed by atoms with E-state index in [4.69, 9.17) is 0 Å². The molecule has 0 bridgehead atoms. The lowest BCUT2D eigenvalue weighted by Gasteiger charge is -2.34. The molecular formula is C17H26BrFN2. The molecule has 2 unspecified atom stereocenters. The monoisotopic (exact) mass is 356 g/mol. The van der Waals surface area contributed by atoms with Crippen LogP contribution in [0.25, 0.3) is 0 Å². The van der Waals surface area contributed by atoms with Crippen LogP contribution in [0.15, 0.2) is 22.7 Å². The summed E-state index contributed by atoms with van der Waals surface area (Å²) in [6.45, 7) is 7.43. The molecule has 0 aliphatic carbocycles. The van der Waals surface area contributed by atoms with Gasteiger partial charge in [0.25, 0.3) is 0 Å². The topological polar surface area (TPSA) is 15.3 Å². The Bertz CT molecular complexity index is 446. The molecule has 1 aromatic carbocycles. The van der Waals surface area contributed by atoms with Crippen LogP contribution in [0.4, 0.5) is 4.39 Å². The average molecular weight is 357 g/mol. The van der Waals surface area contributed by atoms with Crippen molar-refractivity contribution in [1.82, 2.24) is 10.2 Å². The second-order valence-corrected chi connectivity index (χ2v) is 6.90. The fraction of sp³-hybridized carbons (Fsp3) is 0.647. The van der Waals surface area contributed by atoms with Gasteiger partial charge in [-0.1, -0.05) is 35.3 Å². The molecule has 0 amide bonds. The van der Waals surface area contributed by atoms with Crippen molar-refractivity contribution in [2.24, 2.45) is 0 Å². The molecule has 2 nitrogen and oxygen atoms in total. The van der Waals surface area contributed by atoms with Crippen LogP contribution in [0, 0.1) is 5.82 Å². The first-order chi connectivity index (χ1) is 10.1. The summed E-state index contributed by atoms with van der Waals surface area (Å²) in [5.41, 5.74) is 0.794. The normalized spacial score (nSPS) is 20.7. The van der Waals surface area contributed by atoms with Crippen LogP contribution in [-0.4, -0.2) is 30.6 Å². The van der Waals surface area contributed by atoms with E-state index in [0.717, 1.165) is 36.1 Å². The molecule has 1 fully saturated rings. The Morgan fingerprint density at radius 1 is 1.43 bits per heavy atom. The molecule has 2 rings (SSSR count). The van der Waals surface area contributed by atoms with Gasteiger partial charge in [-0.25, -0.2) is 4.39 Å². The smallest absolute Gasteiger partial charge is 0.129 e. The average Bonchev–Trinajstić information content (AvgIpc) is 2.47. The fourth-order valence-corrected chi connectivity index (χ4v) is 3.46. The van der Waals surface area contributed by atoms with Crippen molar-refractivity contribution in [1.29, 1.82) is 0 Å². The number of piperidine rings is 1. The van der Waals surface area contributed by atoms with Gasteiger partial charge in [-0.2, -0.15) is 0 Å². The van der Waals surface area contributed by atoms with Crippen LogP contribution in [0.1, 0.15) is 51.1 Å². The van der Waals surface area contributed by atoms with E-state index in [-0.39, 0.29) is 11.9 Å². The molecule has 1 heterocycles. The third kappa shape index (κ3) is 4.76. The van der Waals surface area contributed by atoms with Crippen LogP contribution in [-0.2, 0) is 0 Å². The van der Waals surface area contributed by atoms with Crippen molar-refractivity contribution in [2.45, 2.75) is 51.6 Å². The Balaban J connectivity index is 2.08. The van der Waals surface area contributed by atoms with Gasteiger partial charge < -0.3 is 5.32 Å². The summed E-state index contributed by atoms with van der Waals surface area (Å²) in [7, 11) is 0. The summed E-state index contributed by atoms with van der Waals surface area (Å²) in [5.74, 6) is -0.116. The molecule has 0 radical (unpaired) electrons. The van der Waals surface area contributed by atoms with Gasteiger partial charge in [-0.3, -0.25) is 4.90 Å². The highest BCUT2D eigenvalue weighted by molar-refractivity contribution is 9.10. The zero-order chi connectivity index (χ0) is 15.2. The number of hydrogen-bond acceptors (Lipinski definition) is 2. The van der Waals surface area contributed by atoms with Gasteiger partial charge in [0.2, 0.25) is 0 Å². The quantitative estimate of drug-likeness (QED) is 0.806. The predicted octanol–water partition coefficient (Wildman–Crippen LogP) is 4.50. The molecule has 1 aromatic rings. The van der Waals surface area contributed by atoms with E-state index in [1.807, 2.05) is 12.1 Å². The second-order valence-electron chi connectivity index (χ2n) is 5.98. The van der Waals surface area contributed by atoms with E-state index < -0.39 is 0 Å². The number of rotatable bonds is 6. The lowest BCUT2D eigenvalue weighted by molar-refractivity contribution is 0.173. The van der Waals surface area contributed by atoms with Gasteiger partial charge in [0.05, 0.1) is 0 Å². The summed E-state index contributed by atoms with van der Waals surface area (Å²) in [5, 5.41) is 3.60. The van der Waals surface area contributed by atoms with Gasteiger partial charge in [-0.05, 0) is 51.4 Å². The van der Waals surface area contributed by atoms with Crippen molar-refractivity contribution < 1.29 is 4.39 Å². The summed E-state index contributed by atoms with van der Waals surface area (Å²) in [6, 6.07) is 6.06. The van der Waals surface area contributed by atoms with Crippen LogP contribution < -0.4 is 5.32 Å². The Kier molecular flexibility index (Phi) is 6.65. The summed E-state index contributed by atoms with van der Waals surface area (Å²) >= 11 is 3.33. The first-order valence-electron chi connectivity index (χ1n) is 8.04. The van der Waals surface area contributed by atoms with E-state index in [0.29, 0.717) is 6.04 Å². The van der Waals surface area contributed by atoms with Crippen molar-refractivity contribution in [2.75, 3.05) is 19.6 Å². The second kappa shape index (κ2) is 8.25. The fourth-order valence-electron chi connectivity index (χ4n) is 3.13. The molecular weight excluding hydrogens is 331 g/mol. The van der Waals surface area contributed by atoms with Crippen LogP contribution in [0.5, 0.6) is 0 Å². The minimum absolute atomic E-state index is 0.113. The van der Waals surface area contributed by atoms with Gasteiger partial charge in [0, 0.05) is 28.7 Å². The molecule has 1 aliphatic heterocycles. The summed E-state index contributed by atoms with van der Waals surface area (Å²) in [4.78, 5) is 2.41. The van der Waals surface area contributed by atoms with Gasteiger partial charge in [0.1, 0.15) is 5.82 Å². The lowest BCUT2D eigenvalue weighted by Crippen LogP contribution is -2.44. The Morgan fingerprint density at radius 3 is 2.86 bits per heavy atom. The molecule has 0 saturated carbocycles. The zero-order valence-electron chi connectivity index (χ0n) is 13.0. The van der Waals surface area contributed by atoms with Crippen molar-refractivity contribution in [3.8, 4) is 0 Å². The molecule has 1 N–H and O–H groups in total. The molecule has 118 valence electrons. The first kappa shape index (κ1) is 16.9. The van der Waals surface area contributed by atoms with Crippen LogP contribution >= 0.6 is 15.9 Å². The number of benzene rings is 1. The maximum Gasteiger partial charge on any atom is 0.129 e. The minimum Gasteiger partial charge on any atom is -0.313 e. The molecule has 21 heavy (non-hydrogen) atoms. The summed E-state index contributed by atoms with van der Waals surface area (Å²) in [6.07, 6.45) is 4.91. The Hall–Kier alpha value is -0.450. The largest absolute Gasteiger partial charge is 0.313 e. The van der Waals surface area contributed by atoms with E-state index in [9.17, 15) is 4.39 Å². The molecule has 0 aromatic heterocycles. The third-order valence-electron chi connectivity index (χ3n) is 4.34. The van der Waals surface area contributed by atoms with E-state index in [1.165, 1.54) is 19.3 Å².